The van der Waals surface area contributed by atoms with Gasteiger partial charge in [-0.15, -0.1) is 5.10 Å². The van der Waals surface area contributed by atoms with E-state index < -0.39 is 11.6 Å². The summed E-state index contributed by atoms with van der Waals surface area (Å²) in [5.41, 5.74) is 3.80. The van der Waals surface area contributed by atoms with Gasteiger partial charge in [-0.1, -0.05) is 11.3 Å². The van der Waals surface area contributed by atoms with Crippen LogP contribution in [-0.2, 0) is 6.54 Å². The van der Waals surface area contributed by atoms with Crippen LogP contribution in [-0.4, -0.2) is 31.8 Å². The van der Waals surface area contributed by atoms with Gasteiger partial charge < -0.3 is 4.90 Å². The molecular formula is C20H18F2N4O. The lowest BCUT2D eigenvalue weighted by molar-refractivity contribution is 0.0730. The first-order valence-electron chi connectivity index (χ1n) is 8.69. The quantitative estimate of drug-likeness (QED) is 0.705. The fraction of sp³-hybridized carbons (Fsp3) is 0.250. The number of carbonyl (C=O) groups excluding carboxylic acids is 1. The smallest absolute Gasteiger partial charge is 0.254 e. The Balaban J connectivity index is 1.74. The Hall–Kier alpha value is -3.09. The topological polar surface area (TPSA) is 51.0 Å². The van der Waals surface area contributed by atoms with Crippen molar-refractivity contribution in [3.8, 4) is 16.9 Å². The van der Waals surface area contributed by atoms with Crippen LogP contribution in [0, 0.1) is 18.6 Å². The Morgan fingerprint density at radius 1 is 1.11 bits per heavy atom. The summed E-state index contributed by atoms with van der Waals surface area (Å²) in [7, 11) is 0. The Labute approximate surface area is 155 Å². The monoisotopic (exact) mass is 368 g/mol. The number of rotatable bonds is 3. The number of aromatic nitrogens is 3. The van der Waals surface area contributed by atoms with Gasteiger partial charge in [0.25, 0.3) is 5.91 Å². The maximum atomic E-state index is 14.1. The fourth-order valence-corrected chi connectivity index (χ4v) is 3.39. The van der Waals surface area contributed by atoms with Crippen LogP contribution >= 0.6 is 0 Å². The van der Waals surface area contributed by atoms with Crippen molar-refractivity contribution >= 4 is 5.91 Å². The molecule has 4 rings (SSSR count). The van der Waals surface area contributed by atoms with E-state index in [1.54, 1.807) is 13.0 Å². The SMILES string of the molecule is Cc1c(-c2ccc3c(c2)CN(C(C)C)C3=O)nnn1-c1ccc(F)cc1F. The van der Waals surface area contributed by atoms with Gasteiger partial charge in [-0.25, -0.2) is 13.5 Å². The van der Waals surface area contributed by atoms with Crippen molar-refractivity contribution in [1.82, 2.24) is 19.9 Å². The average Bonchev–Trinajstić information content (AvgIpc) is 3.15. The van der Waals surface area contributed by atoms with E-state index in [2.05, 4.69) is 10.3 Å². The van der Waals surface area contributed by atoms with Crippen LogP contribution in [0.1, 0.15) is 35.5 Å². The second kappa shape index (κ2) is 6.26. The number of amides is 1. The van der Waals surface area contributed by atoms with Gasteiger partial charge in [0.05, 0.1) is 5.69 Å². The van der Waals surface area contributed by atoms with Crippen LogP contribution < -0.4 is 0 Å². The van der Waals surface area contributed by atoms with Crippen molar-refractivity contribution in [2.24, 2.45) is 0 Å². The van der Waals surface area contributed by atoms with E-state index in [1.165, 1.54) is 16.8 Å². The molecule has 2 heterocycles. The largest absolute Gasteiger partial charge is 0.332 e. The van der Waals surface area contributed by atoms with Crippen LogP contribution in [0.5, 0.6) is 0 Å². The molecule has 0 aliphatic carbocycles. The zero-order valence-electron chi connectivity index (χ0n) is 15.2. The Morgan fingerprint density at radius 2 is 1.89 bits per heavy atom. The number of halogens is 2. The van der Waals surface area contributed by atoms with E-state index in [-0.39, 0.29) is 17.6 Å². The van der Waals surface area contributed by atoms with E-state index in [1.807, 2.05) is 30.9 Å². The summed E-state index contributed by atoms with van der Waals surface area (Å²) < 4.78 is 28.6. The van der Waals surface area contributed by atoms with Gasteiger partial charge in [-0.2, -0.15) is 0 Å². The molecule has 1 aliphatic rings. The molecule has 1 aromatic heterocycles. The summed E-state index contributed by atoms with van der Waals surface area (Å²) in [5, 5.41) is 8.21. The highest BCUT2D eigenvalue weighted by Gasteiger charge is 2.29. The summed E-state index contributed by atoms with van der Waals surface area (Å²) in [4.78, 5) is 14.2. The molecule has 138 valence electrons. The molecule has 0 bridgehead atoms. The van der Waals surface area contributed by atoms with Crippen molar-refractivity contribution in [3.63, 3.8) is 0 Å². The van der Waals surface area contributed by atoms with Crippen molar-refractivity contribution in [2.45, 2.75) is 33.4 Å². The Morgan fingerprint density at radius 3 is 2.59 bits per heavy atom. The molecule has 0 spiro atoms. The number of nitrogens with zero attached hydrogens (tertiary/aromatic N) is 4. The molecule has 1 aliphatic heterocycles. The van der Waals surface area contributed by atoms with Crippen molar-refractivity contribution in [2.75, 3.05) is 0 Å². The summed E-state index contributed by atoms with van der Waals surface area (Å²) in [6.07, 6.45) is 0. The molecule has 7 heteroatoms. The highest BCUT2D eigenvalue weighted by atomic mass is 19.1. The van der Waals surface area contributed by atoms with Gasteiger partial charge in [0.2, 0.25) is 0 Å². The van der Waals surface area contributed by atoms with Gasteiger partial charge in [0.15, 0.2) is 5.82 Å². The van der Waals surface area contributed by atoms with Crippen LogP contribution in [0.25, 0.3) is 16.9 Å². The average molecular weight is 368 g/mol. The molecular weight excluding hydrogens is 350 g/mol. The van der Waals surface area contributed by atoms with Crippen LogP contribution in [0.3, 0.4) is 0 Å². The maximum absolute atomic E-state index is 14.1. The van der Waals surface area contributed by atoms with E-state index in [9.17, 15) is 13.6 Å². The molecule has 1 amide bonds. The maximum Gasteiger partial charge on any atom is 0.254 e. The van der Waals surface area contributed by atoms with Gasteiger partial charge in [0.1, 0.15) is 17.2 Å². The highest BCUT2D eigenvalue weighted by molar-refractivity contribution is 5.99. The minimum atomic E-state index is -0.707. The zero-order valence-corrected chi connectivity index (χ0v) is 15.2. The van der Waals surface area contributed by atoms with E-state index in [0.29, 0.717) is 23.5 Å². The summed E-state index contributed by atoms with van der Waals surface area (Å²) in [5.74, 6) is -1.32. The predicted molar refractivity (Wildman–Crippen MR) is 96.5 cm³/mol. The van der Waals surface area contributed by atoms with Crippen LogP contribution in [0.2, 0.25) is 0 Å². The summed E-state index contributed by atoms with van der Waals surface area (Å²) in [6, 6.07) is 9.00. The third-order valence-electron chi connectivity index (χ3n) is 4.87. The van der Waals surface area contributed by atoms with Crippen LogP contribution in [0.4, 0.5) is 8.78 Å². The Bertz CT molecular complexity index is 1060. The van der Waals surface area contributed by atoms with Crippen molar-refractivity contribution in [3.05, 3.63) is 64.9 Å². The lowest BCUT2D eigenvalue weighted by Gasteiger charge is -2.19. The molecule has 0 unspecified atom stereocenters. The number of hydrogen-bond acceptors (Lipinski definition) is 3. The second-order valence-corrected chi connectivity index (χ2v) is 6.93. The summed E-state index contributed by atoms with van der Waals surface area (Å²) in [6.45, 7) is 6.30. The Kier molecular flexibility index (Phi) is 4.02. The van der Waals surface area contributed by atoms with E-state index >= 15 is 0 Å². The van der Waals surface area contributed by atoms with Gasteiger partial charge in [0, 0.05) is 29.8 Å². The number of hydrogen-bond donors (Lipinski definition) is 0. The first-order valence-corrected chi connectivity index (χ1v) is 8.69. The lowest BCUT2D eigenvalue weighted by Crippen LogP contribution is -2.30. The molecule has 0 radical (unpaired) electrons. The fourth-order valence-electron chi connectivity index (χ4n) is 3.39. The summed E-state index contributed by atoms with van der Waals surface area (Å²) >= 11 is 0. The zero-order chi connectivity index (χ0) is 19.3. The normalized spacial score (nSPS) is 13.6. The second-order valence-electron chi connectivity index (χ2n) is 6.93. The lowest BCUT2D eigenvalue weighted by atomic mass is 10.0. The minimum Gasteiger partial charge on any atom is -0.332 e. The number of carbonyl (C=O) groups is 1. The molecule has 5 nitrogen and oxygen atoms in total. The molecule has 27 heavy (non-hydrogen) atoms. The third-order valence-corrected chi connectivity index (χ3v) is 4.87. The third kappa shape index (κ3) is 2.79. The molecule has 0 saturated carbocycles. The van der Waals surface area contributed by atoms with Gasteiger partial charge >= 0.3 is 0 Å². The molecule has 3 aromatic rings. The van der Waals surface area contributed by atoms with E-state index in [0.717, 1.165) is 17.2 Å². The van der Waals surface area contributed by atoms with Crippen molar-refractivity contribution in [1.29, 1.82) is 0 Å². The van der Waals surface area contributed by atoms with Crippen LogP contribution in [0.15, 0.2) is 36.4 Å². The van der Waals surface area contributed by atoms with Crippen molar-refractivity contribution < 1.29 is 13.6 Å². The van der Waals surface area contributed by atoms with Gasteiger partial charge in [-0.3, -0.25) is 4.79 Å². The predicted octanol–water partition coefficient (Wildman–Crippen LogP) is 3.89. The molecule has 0 saturated heterocycles. The molecule has 2 aromatic carbocycles. The molecule has 0 N–H and O–H groups in total. The molecule has 0 atom stereocenters. The highest BCUT2D eigenvalue weighted by Crippen LogP contribution is 2.30. The first kappa shape index (κ1) is 17.3. The number of fused-ring (bicyclic) bond motifs is 1. The number of benzene rings is 2. The van der Waals surface area contributed by atoms with E-state index in [4.69, 9.17) is 0 Å². The standard InChI is InChI=1S/C20H18F2N4O/c1-11(2)25-10-14-8-13(4-6-16(14)20(25)27)19-12(3)26(24-23-19)18-7-5-15(21)9-17(18)22/h4-9,11H,10H2,1-3H3. The molecule has 0 fully saturated rings. The minimum absolute atomic E-state index is 0.0281. The first-order chi connectivity index (χ1) is 12.9. The van der Waals surface area contributed by atoms with Gasteiger partial charge in [-0.05, 0) is 50.6 Å².